The van der Waals surface area contributed by atoms with Crippen LogP contribution in [0, 0.1) is 13.8 Å². The van der Waals surface area contributed by atoms with Gasteiger partial charge in [0, 0.05) is 24.9 Å². The van der Waals surface area contributed by atoms with Crippen LogP contribution in [0.2, 0.25) is 0 Å². The molecule has 0 spiro atoms. The van der Waals surface area contributed by atoms with E-state index in [-0.39, 0.29) is 12.0 Å². The molecule has 0 amide bonds. The van der Waals surface area contributed by atoms with Crippen molar-refractivity contribution in [2.75, 3.05) is 13.7 Å². The van der Waals surface area contributed by atoms with Crippen molar-refractivity contribution < 1.29 is 14.6 Å². The van der Waals surface area contributed by atoms with E-state index in [9.17, 15) is 9.59 Å². The maximum atomic E-state index is 12.1. The number of methoxy groups -OCH3 is 1. The van der Waals surface area contributed by atoms with E-state index < -0.39 is 5.97 Å². The third-order valence-electron chi connectivity index (χ3n) is 2.68. The number of aromatic nitrogens is 1. The van der Waals surface area contributed by atoms with E-state index >= 15 is 0 Å². The molecule has 0 saturated carbocycles. The molecule has 0 aliphatic rings. The second kappa shape index (κ2) is 5.63. The zero-order chi connectivity index (χ0) is 13.0. The predicted octanol–water partition coefficient (Wildman–Crippen LogP) is 0.739. The first kappa shape index (κ1) is 13.4. The molecule has 17 heavy (non-hydrogen) atoms. The summed E-state index contributed by atoms with van der Waals surface area (Å²) < 4.78 is 6.48. The Kier molecular flexibility index (Phi) is 4.45. The first-order chi connectivity index (χ1) is 7.97. The molecule has 0 unspecified atom stereocenters. The van der Waals surface area contributed by atoms with Gasteiger partial charge in [0.05, 0.1) is 13.0 Å². The monoisotopic (exact) mass is 239 g/mol. The van der Waals surface area contributed by atoms with Gasteiger partial charge in [0.1, 0.15) is 0 Å². The van der Waals surface area contributed by atoms with Crippen molar-refractivity contribution in [1.29, 1.82) is 0 Å². The highest BCUT2D eigenvalue weighted by atomic mass is 16.5. The summed E-state index contributed by atoms with van der Waals surface area (Å²) in [6.07, 6.45) is -0.238. The molecule has 0 saturated heterocycles. The van der Waals surface area contributed by atoms with Gasteiger partial charge >= 0.3 is 5.97 Å². The fourth-order valence-electron chi connectivity index (χ4n) is 1.80. The molecule has 0 radical (unpaired) electrons. The van der Waals surface area contributed by atoms with Crippen molar-refractivity contribution >= 4 is 5.97 Å². The molecule has 5 heteroatoms. The Labute approximate surface area is 99.6 Å². The summed E-state index contributed by atoms with van der Waals surface area (Å²) in [4.78, 5) is 22.8. The maximum Gasteiger partial charge on any atom is 0.308 e. The molecule has 1 aromatic heterocycles. The molecule has 94 valence electrons. The third-order valence-corrected chi connectivity index (χ3v) is 2.68. The van der Waals surface area contributed by atoms with Gasteiger partial charge in [-0.25, -0.2) is 0 Å². The highest BCUT2D eigenvalue weighted by Gasteiger charge is 2.13. The Bertz CT molecular complexity index is 476. The Morgan fingerprint density at radius 2 is 2.12 bits per heavy atom. The SMILES string of the molecule is COCCn1c(C)cc(C)c(CC(=O)O)c1=O. The number of hydrogen-bond donors (Lipinski definition) is 1. The van der Waals surface area contributed by atoms with Gasteiger partial charge < -0.3 is 14.4 Å². The third kappa shape index (κ3) is 3.17. The normalized spacial score (nSPS) is 10.5. The number of pyridine rings is 1. The first-order valence-electron chi connectivity index (χ1n) is 5.38. The minimum Gasteiger partial charge on any atom is -0.481 e. The maximum absolute atomic E-state index is 12.1. The Balaban J connectivity index is 3.22. The summed E-state index contributed by atoms with van der Waals surface area (Å²) in [6.45, 7) is 4.45. The van der Waals surface area contributed by atoms with Crippen LogP contribution in [0.25, 0.3) is 0 Å². The molecular formula is C12H17NO4. The van der Waals surface area contributed by atoms with Crippen molar-refractivity contribution in [2.24, 2.45) is 0 Å². The zero-order valence-corrected chi connectivity index (χ0v) is 10.3. The fraction of sp³-hybridized carbons (Fsp3) is 0.500. The molecular weight excluding hydrogens is 222 g/mol. The molecule has 1 rings (SSSR count). The largest absolute Gasteiger partial charge is 0.481 e. The van der Waals surface area contributed by atoms with Crippen LogP contribution in [0.1, 0.15) is 16.8 Å². The van der Waals surface area contributed by atoms with Crippen molar-refractivity contribution in [3.05, 3.63) is 33.2 Å². The summed E-state index contributed by atoms with van der Waals surface area (Å²) in [5, 5.41) is 8.78. The summed E-state index contributed by atoms with van der Waals surface area (Å²) in [5.74, 6) is -0.993. The Morgan fingerprint density at radius 1 is 1.47 bits per heavy atom. The van der Waals surface area contributed by atoms with E-state index in [4.69, 9.17) is 9.84 Å². The second-order valence-corrected chi connectivity index (χ2v) is 3.97. The average Bonchev–Trinajstić information content (AvgIpc) is 2.23. The predicted molar refractivity (Wildman–Crippen MR) is 63.4 cm³/mol. The van der Waals surface area contributed by atoms with Crippen molar-refractivity contribution in [2.45, 2.75) is 26.8 Å². The minimum atomic E-state index is -0.993. The molecule has 0 aliphatic heterocycles. The number of ether oxygens (including phenoxy) is 1. The molecule has 0 fully saturated rings. The second-order valence-electron chi connectivity index (χ2n) is 3.97. The molecule has 1 aromatic rings. The van der Waals surface area contributed by atoms with Crippen LogP contribution < -0.4 is 5.56 Å². The summed E-state index contributed by atoms with van der Waals surface area (Å²) in [7, 11) is 1.56. The van der Waals surface area contributed by atoms with Gasteiger partial charge in [-0.1, -0.05) is 0 Å². The Morgan fingerprint density at radius 3 is 2.65 bits per heavy atom. The van der Waals surface area contributed by atoms with Crippen LogP contribution in [-0.4, -0.2) is 29.4 Å². The number of aliphatic carboxylic acids is 1. The lowest BCUT2D eigenvalue weighted by molar-refractivity contribution is -0.136. The number of aryl methyl sites for hydroxylation is 2. The molecule has 0 atom stereocenters. The van der Waals surface area contributed by atoms with Crippen molar-refractivity contribution in [3.8, 4) is 0 Å². The lowest BCUT2D eigenvalue weighted by atomic mass is 10.1. The number of carbonyl (C=O) groups is 1. The van der Waals surface area contributed by atoms with Gasteiger partial charge in [-0.3, -0.25) is 9.59 Å². The molecule has 0 aliphatic carbocycles. The number of rotatable bonds is 5. The van der Waals surface area contributed by atoms with Gasteiger partial charge in [0.15, 0.2) is 0 Å². The number of nitrogens with zero attached hydrogens (tertiary/aromatic N) is 1. The Hall–Kier alpha value is -1.62. The number of carboxylic acids is 1. The van der Waals surface area contributed by atoms with Gasteiger partial charge in [0.2, 0.25) is 0 Å². The molecule has 0 bridgehead atoms. The van der Waals surface area contributed by atoms with E-state index in [0.717, 1.165) is 11.3 Å². The van der Waals surface area contributed by atoms with Crippen LogP contribution in [0.15, 0.2) is 10.9 Å². The highest BCUT2D eigenvalue weighted by molar-refractivity contribution is 5.70. The van der Waals surface area contributed by atoms with Crippen LogP contribution in [0.5, 0.6) is 0 Å². The van der Waals surface area contributed by atoms with Crippen LogP contribution in [0.3, 0.4) is 0 Å². The van der Waals surface area contributed by atoms with E-state index in [1.807, 2.05) is 13.0 Å². The van der Waals surface area contributed by atoms with E-state index in [1.165, 1.54) is 0 Å². The fourth-order valence-corrected chi connectivity index (χ4v) is 1.80. The lowest BCUT2D eigenvalue weighted by Gasteiger charge is -2.13. The van der Waals surface area contributed by atoms with Gasteiger partial charge in [0.25, 0.3) is 5.56 Å². The number of carboxylic acid groups (broad SMARTS) is 1. The molecule has 1 N–H and O–H groups in total. The smallest absolute Gasteiger partial charge is 0.308 e. The van der Waals surface area contributed by atoms with Crippen molar-refractivity contribution in [1.82, 2.24) is 4.57 Å². The quantitative estimate of drug-likeness (QED) is 0.822. The van der Waals surface area contributed by atoms with Gasteiger partial charge in [-0.15, -0.1) is 0 Å². The summed E-state index contributed by atoms with van der Waals surface area (Å²) in [5.41, 5.74) is 1.66. The topological polar surface area (TPSA) is 68.5 Å². The standard InChI is InChI=1S/C12H17NO4/c1-8-6-9(2)13(4-5-17-3)12(16)10(8)7-11(14)15/h6H,4-5,7H2,1-3H3,(H,14,15). The first-order valence-corrected chi connectivity index (χ1v) is 5.38. The molecule has 0 aromatic carbocycles. The van der Waals surface area contributed by atoms with E-state index in [0.29, 0.717) is 18.7 Å². The van der Waals surface area contributed by atoms with Crippen LogP contribution in [-0.2, 0) is 22.5 Å². The minimum absolute atomic E-state index is 0.234. The van der Waals surface area contributed by atoms with E-state index in [1.54, 1.807) is 18.6 Å². The summed E-state index contributed by atoms with van der Waals surface area (Å²) in [6, 6.07) is 1.83. The van der Waals surface area contributed by atoms with Crippen LogP contribution in [0.4, 0.5) is 0 Å². The highest BCUT2D eigenvalue weighted by Crippen LogP contribution is 2.07. The lowest BCUT2D eigenvalue weighted by Crippen LogP contribution is -2.29. The van der Waals surface area contributed by atoms with Gasteiger partial charge in [-0.2, -0.15) is 0 Å². The van der Waals surface area contributed by atoms with Crippen molar-refractivity contribution in [3.63, 3.8) is 0 Å². The van der Waals surface area contributed by atoms with E-state index in [2.05, 4.69) is 0 Å². The summed E-state index contributed by atoms with van der Waals surface area (Å²) >= 11 is 0. The zero-order valence-electron chi connectivity index (χ0n) is 10.3. The number of hydrogen-bond acceptors (Lipinski definition) is 3. The molecule has 1 heterocycles. The average molecular weight is 239 g/mol. The molecule has 5 nitrogen and oxygen atoms in total. The van der Waals surface area contributed by atoms with Gasteiger partial charge in [-0.05, 0) is 25.5 Å². The van der Waals surface area contributed by atoms with Crippen LogP contribution >= 0.6 is 0 Å².